The fourth-order valence-electron chi connectivity index (χ4n) is 1.51. The average molecular weight is 205 g/mol. The maximum Gasteiger partial charge on any atom is 0.193 e. The van der Waals surface area contributed by atoms with Crippen LogP contribution < -0.4 is 11.1 Å². The molecule has 3 heteroatoms. The highest BCUT2D eigenvalue weighted by atomic mass is 15.1. The van der Waals surface area contributed by atoms with Crippen LogP contribution in [0.5, 0.6) is 0 Å². The molecule has 82 valence electrons. The van der Waals surface area contributed by atoms with E-state index in [4.69, 9.17) is 5.73 Å². The van der Waals surface area contributed by atoms with Gasteiger partial charge in [-0.2, -0.15) is 0 Å². The van der Waals surface area contributed by atoms with Crippen LogP contribution in [0.15, 0.2) is 23.2 Å². The first kappa shape index (κ1) is 11.6. The zero-order valence-electron chi connectivity index (χ0n) is 9.83. The molecule has 0 atom stereocenters. The Morgan fingerprint density at radius 3 is 2.20 bits per heavy atom. The summed E-state index contributed by atoms with van der Waals surface area (Å²) in [4.78, 5) is 4.22. The Labute approximate surface area is 91.4 Å². The zero-order valence-corrected chi connectivity index (χ0v) is 9.83. The Balaban J connectivity index is 2.81. The first-order chi connectivity index (χ1) is 6.97. The van der Waals surface area contributed by atoms with Crippen molar-refractivity contribution in [3.8, 4) is 0 Å². The van der Waals surface area contributed by atoms with Gasteiger partial charge in [0.1, 0.15) is 0 Å². The van der Waals surface area contributed by atoms with Crippen molar-refractivity contribution in [2.75, 3.05) is 5.32 Å². The monoisotopic (exact) mass is 205 g/mol. The van der Waals surface area contributed by atoms with Gasteiger partial charge in [0.25, 0.3) is 0 Å². The highest BCUT2D eigenvalue weighted by Crippen LogP contribution is 2.13. The highest BCUT2D eigenvalue weighted by Gasteiger charge is 1.98. The first-order valence-electron chi connectivity index (χ1n) is 5.16. The van der Waals surface area contributed by atoms with Crippen LogP contribution in [0.4, 0.5) is 5.69 Å². The number of anilines is 1. The maximum atomic E-state index is 5.75. The van der Waals surface area contributed by atoms with Crippen LogP contribution in [-0.4, -0.2) is 12.0 Å². The summed E-state index contributed by atoms with van der Waals surface area (Å²) in [6.45, 7) is 8.12. The molecule has 0 saturated heterocycles. The maximum absolute atomic E-state index is 5.75. The normalized spacial score (nSPS) is 11.9. The van der Waals surface area contributed by atoms with Crippen LogP contribution in [0.25, 0.3) is 0 Å². The van der Waals surface area contributed by atoms with E-state index in [0.717, 1.165) is 5.69 Å². The van der Waals surface area contributed by atoms with Crippen LogP contribution in [0.2, 0.25) is 0 Å². The van der Waals surface area contributed by atoms with Gasteiger partial charge in [-0.05, 0) is 51.0 Å². The molecule has 1 aromatic carbocycles. The Kier molecular flexibility index (Phi) is 3.72. The van der Waals surface area contributed by atoms with Gasteiger partial charge < -0.3 is 11.1 Å². The molecule has 0 aliphatic rings. The van der Waals surface area contributed by atoms with E-state index in [2.05, 4.69) is 42.4 Å². The Morgan fingerprint density at radius 2 is 1.73 bits per heavy atom. The van der Waals surface area contributed by atoms with E-state index in [9.17, 15) is 0 Å². The van der Waals surface area contributed by atoms with Crippen LogP contribution in [0, 0.1) is 13.8 Å². The molecule has 1 aromatic rings. The molecule has 1 rings (SSSR count). The van der Waals surface area contributed by atoms with Crippen LogP contribution in [-0.2, 0) is 0 Å². The topological polar surface area (TPSA) is 50.4 Å². The number of rotatable bonds is 2. The van der Waals surface area contributed by atoms with Gasteiger partial charge in [-0.1, -0.05) is 6.07 Å². The molecule has 0 aliphatic heterocycles. The average Bonchev–Trinajstić information content (AvgIpc) is 1.98. The van der Waals surface area contributed by atoms with E-state index in [1.54, 1.807) is 0 Å². The molecule has 0 saturated carbocycles. The van der Waals surface area contributed by atoms with Gasteiger partial charge in [0.15, 0.2) is 5.96 Å². The lowest BCUT2D eigenvalue weighted by Crippen LogP contribution is -2.24. The molecule has 0 amide bonds. The fraction of sp³-hybridized carbons (Fsp3) is 0.417. The first-order valence-corrected chi connectivity index (χ1v) is 5.16. The number of guanidine groups is 1. The Bertz CT molecular complexity index is 347. The van der Waals surface area contributed by atoms with E-state index in [0.29, 0.717) is 5.96 Å². The third-order valence-corrected chi connectivity index (χ3v) is 1.89. The number of nitrogens with two attached hydrogens (primary N) is 1. The zero-order chi connectivity index (χ0) is 11.4. The van der Waals surface area contributed by atoms with E-state index >= 15 is 0 Å². The third kappa shape index (κ3) is 4.02. The number of aryl methyl sites for hydroxylation is 2. The second kappa shape index (κ2) is 4.82. The van der Waals surface area contributed by atoms with E-state index in [1.165, 1.54) is 11.1 Å². The van der Waals surface area contributed by atoms with Crippen molar-refractivity contribution in [1.82, 2.24) is 0 Å². The van der Waals surface area contributed by atoms with Crippen molar-refractivity contribution in [2.24, 2.45) is 10.7 Å². The molecule has 0 unspecified atom stereocenters. The van der Waals surface area contributed by atoms with E-state index in [-0.39, 0.29) is 6.04 Å². The van der Waals surface area contributed by atoms with Gasteiger partial charge >= 0.3 is 0 Å². The van der Waals surface area contributed by atoms with Gasteiger partial charge in [0.2, 0.25) is 0 Å². The van der Waals surface area contributed by atoms with Crippen molar-refractivity contribution < 1.29 is 0 Å². The second-order valence-corrected chi connectivity index (χ2v) is 4.11. The van der Waals surface area contributed by atoms with Crippen LogP contribution in [0.3, 0.4) is 0 Å². The van der Waals surface area contributed by atoms with Crippen molar-refractivity contribution in [3.05, 3.63) is 29.3 Å². The summed E-state index contributed by atoms with van der Waals surface area (Å²) in [6.07, 6.45) is 0. The summed E-state index contributed by atoms with van der Waals surface area (Å²) < 4.78 is 0. The predicted octanol–water partition coefficient (Wildman–Crippen LogP) is 2.44. The Hall–Kier alpha value is -1.51. The fourth-order valence-corrected chi connectivity index (χ4v) is 1.51. The number of nitrogens with zero attached hydrogens (tertiary/aromatic N) is 1. The molecular weight excluding hydrogens is 186 g/mol. The van der Waals surface area contributed by atoms with E-state index < -0.39 is 0 Å². The summed E-state index contributed by atoms with van der Waals surface area (Å²) in [5.41, 5.74) is 9.18. The molecule has 0 heterocycles. The Morgan fingerprint density at radius 1 is 1.20 bits per heavy atom. The largest absolute Gasteiger partial charge is 0.370 e. The summed E-state index contributed by atoms with van der Waals surface area (Å²) in [5, 5.41) is 3.08. The number of nitrogens with one attached hydrogen (secondary N) is 1. The number of hydrogen-bond donors (Lipinski definition) is 2. The molecule has 3 nitrogen and oxygen atoms in total. The molecule has 0 aliphatic carbocycles. The lowest BCUT2D eigenvalue weighted by atomic mass is 10.1. The third-order valence-electron chi connectivity index (χ3n) is 1.89. The van der Waals surface area contributed by atoms with Crippen molar-refractivity contribution >= 4 is 11.6 Å². The van der Waals surface area contributed by atoms with Gasteiger partial charge in [0, 0.05) is 11.7 Å². The van der Waals surface area contributed by atoms with Crippen molar-refractivity contribution in [1.29, 1.82) is 0 Å². The van der Waals surface area contributed by atoms with E-state index in [1.807, 2.05) is 13.8 Å². The van der Waals surface area contributed by atoms with Gasteiger partial charge in [-0.3, -0.25) is 4.99 Å². The van der Waals surface area contributed by atoms with Crippen LogP contribution in [0.1, 0.15) is 25.0 Å². The highest BCUT2D eigenvalue weighted by molar-refractivity contribution is 5.92. The molecule has 0 fully saturated rings. The summed E-state index contributed by atoms with van der Waals surface area (Å²) >= 11 is 0. The lowest BCUT2D eigenvalue weighted by Gasteiger charge is -2.08. The van der Waals surface area contributed by atoms with Crippen molar-refractivity contribution in [2.45, 2.75) is 33.7 Å². The minimum absolute atomic E-state index is 0.211. The minimum atomic E-state index is 0.211. The number of hydrogen-bond acceptors (Lipinski definition) is 1. The number of aliphatic imine (C=N–C) groups is 1. The summed E-state index contributed by atoms with van der Waals surface area (Å²) in [5.74, 6) is 0.468. The minimum Gasteiger partial charge on any atom is -0.370 e. The smallest absolute Gasteiger partial charge is 0.193 e. The summed E-state index contributed by atoms with van der Waals surface area (Å²) in [7, 11) is 0. The molecule has 0 radical (unpaired) electrons. The quantitative estimate of drug-likeness (QED) is 0.575. The lowest BCUT2D eigenvalue weighted by molar-refractivity contribution is 0.833. The summed E-state index contributed by atoms with van der Waals surface area (Å²) in [6, 6.07) is 6.44. The SMILES string of the molecule is Cc1cc(C)cc(NC(N)=NC(C)C)c1. The molecule has 15 heavy (non-hydrogen) atoms. The van der Waals surface area contributed by atoms with Gasteiger partial charge in [0.05, 0.1) is 0 Å². The molecule has 0 bridgehead atoms. The molecule has 0 spiro atoms. The molecule has 3 N–H and O–H groups in total. The second-order valence-electron chi connectivity index (χ2n) is 4.11. The molecular formula is C12H19N3. The van der Waals surface area contributed by atoms with Crippen molar-refractivity contribution in [3.63, 3.8) is 0 Å². The van der Waals surface area contributed by atoms with Gasteiger partial charge in [-0.15, -0.1) is 0 Å². The van der Waals surface area contributed by atoms with Gasteiger partial charge in [-0.25, -0.2) is 0 Å². The molecule has 0 aromatic heterocycles. The predicted molar refractivity (Wildman–Crippen MR) is 66.3 cm³/mol. The van der Waals surface area contributed by atoms with Crippen LogP contribution >= 0.6 is 0 Å². The number of benzene rings is 1. The standard InChI is InChI=1S/C12H19N3/c1-8(2)14-12(13)15-11-6-9(3)5-10(4)7-11/h5-8H,1-4H3,(H3,13,14,15).